The first kappa shape index (κ1) is 19.7. The van der Waals surface area contributed by atoms with Crippen molar-refractivity contribution in [3.63, 3.8) is 0 Å². The highest BCUT2D eigenvalue weighted by Crippen LogP contribution is 2.32. The van der Waals surface area contributed by atoms with Gasteiger partial charge in [-0.3, -0.25) is 9.59 Å². The molecule has 0 bridgehead atoms. The van der Waals surface area contributed by atoms with Crippen molar-refractivity contribution in [1.29, 1.82) is 0 Å². The van der Waals surface area contributed by atoms with Gasteiger partial charge in [-0.15, -0.1) is 0 Å². The molecule has 3 aromatic carbocycles. The molecule has 1 aromatic heterocycles. The van der Waals surface area contributed by atoms with Crippen molar-refractivity contribution < 1.29 is 9.53 Å². The maximum absolute atomic E-state index is 12.5. The number of nitrogens with zero attached hydrogens (tertiary/aromatic N) is 1. The molecule has 150 valence electrons. The molecule has 0 fully saturated rings. The lowest BCUT2D eigenvalue weighted by atomic mass is 10.2. The number of nitrogens with one attached hydrogen (secondary N) is 2. The Labute approximate surface area is 177 Å². The Kier molecular flexibility index (Phi) is 5.77. The van der Waals surface area contributed by atoms with Crippen molar-refractivity contribution in [3.8, 4) is 11.5 Å². The minimum atomic E-state index is -0.294. The first-order valence-electron chi connectivity index (χ1n) is 9.39. The molecule has 4 rings (SSSR count). The Morgan fingerprint density at radius 2 is 1.80 bits per heavy atom. The molecule has 0 aliphatic carbocycles. The van der Waals surface area contributed by atoms with Gasteiger partial charge in [-0.05, 0) is 42.5 Å². The number of halogens is 1. The Morgan fingerprint density at radius 1 is 1.03 bits per heavy atom. The number of H-pyrrole nitrogens is 1. The third kappa shape index (κ3) is 4.67. The quantitative estimate of drug-likeness (QED) is 0.463. The third-order valence-corrected chi connectivity index (χ3v) is 4.68. The van der Waals surface area contributed by atoms with E-state index in [1.807, 2.05) is 48.5 Å². The van der Waals surface area contributed by atoms with Gasteiger partial charge >= 0.3 is 0 Å². The van der Waals surface area contributed by atoms with Crippen LogP contribution in [0.25, 0.3) is 11.0 Å². The van der Waals surface area contributed by atoms with Crippen LogP contribution in [0.2, 0.25) is 5.02 Å². The van der Waals surface area contributed by atoms with Crippen LogP contribution in [-0.4, -0.2) is 15.9 Å². The first-order valence-corrected chi connectivity index (χ1v) is 9.76. The number of benzene rings is 3. The van der Waals surface area contributed by atoms with Crippen molar-refractivity contribution in [2.75, 3.05) is 5.32 Å². The summed E-state index contributed by atoms with van der Waals surface area (Å²) >= 11 is 6.09. The van der Waals surface area contributed by atoms with E-state index in [2.05, 4.69) is 15.3 Å². The summed E-state index contributed by atoms with van der Waals surface area (Å²) in [4.78, 5) is 31.9. The predicted molar refractivity (Wildman–Crippen MR) is 117 cm³/mol. The lowest BCUT2D eigenvalue weighted by Crippen LogP contribution is -2.19. The molecule has 7 heteroatoms. The van der Waals surface area contributed by atoms with Crippen LogP contribution >= 0.6 is 11.6 Å². The van der Waals surface area contributed by atoms with Crippen molar-refractivity contribution in [1.82, 2.24) is 9.97 Å². The lowest BCUT2D eigenvalue weighted by molar-refractivity contribution is -0.116. The number of rotatable bonds is 6. The summed E-state index contributed by atoms with van der Waals surface area (Å²) < 4.78 is 5.85. The maximum atomic E-state index is 12.5. The number of hydrogen-bond donors (Lipinski definition) is 2. The Balaban J connectivity index is 1.47. The maximum Gasteiger partial charge on any atom is 0.270 e. The van der Waals surface area contributed by atoms with E-state index in [4.69, 9.17) is 16.3 Å². The molecule has 0 radical (unpaired) electrons. The summed E-state index contributed by atoms with van der Waals surface area (Å²) in [5.74, 6) is 0.840. The lowest BCUT2D eigenvalue weighted by Gasteiger charge is -2.13. The van der Waals surface area contributed by atoms with Gasteiger partial charge < -0.3 is 15.0 Å². The van der Waals surface area contributed by atoms with E-state index in [9.17, 15) is 9.59 Å². The molecule has 0 saturated heterocycles. The van der Waals surface area contributed by atoms with E-state index in [0.717, 1.165) is 0 Å². The second-order valence-corrected chi connectivity index (χ2v) is 7.07. The minimum Gasteiger partial charge on any atom is -0.455 e. The average Bonchev–Trinajstić information content (AvgIpc) is 2.75. The van der Waals surface area contributed by atoms with Crippen LogP contribution in [0.1, 0.15) is 12.1 Å². The van der Waals surface area contributed by atoms with E-state index in [1.54, 1.807) is 24.3 Å². The summed E-state index contributed by atoms with van der Waals surface area (Å²) in [7, 11) is 0. The molecule has 1 amide bonds. The summed E-state index contributed by atoms with van der Waals surface area (Å²) in [6.45, 7) is 0. The number of ether oxygens (including phenoxy) is 1. The highest BCUT2D eigenvalue weighted by atomic mass is 35.5. The molecule has 0 aliphatic heterocycles. The monoisotopic (exact) mass is 419 g/mol. The topological polar surface area (TPSA) is 84.1 Å². The van der Waals surface area contributed by atoms with Gasteiger partial charge in [-0.2, -0.15) is 0 Å². The molecule has 1 heterocycles. The van der Waals surface area contributed by atoms with Gasteiger partial charge in [0.1, 0.15) is 11.4 Å². The van der Waals surface area contributed by atoms with Crippen LogP contribution in [0.3, 0.4) is 0 Å². The van der Waals surface area contributed by atoms with E-state index in [1.165, 1.54) is 0 Å². The predicted octanol–water partition coefficient (Wildman–Crippen LogP) is 4.94. The van der Waals surface area contributed by atoms with E-state index >= 15 is 0 Å². The zero-order valence-electron chi connectivity index (χ0n) is 15.9. The second kappa shape index (κ2) is 8.80. The van der Waals surface area contributed by atoms with Crippen LogP contribution in [0.5, 0.6) is 11.5 Å². The molecular weight excluding hydrogens is 402 g/mol. The van der Waals surface area contributed by atoms with Gasteiger partial charge in [0.25, 0.3) is 5.56 Å². The number of anilines is 1. The zero-order chi connectivity index (χ0) is 20.9. The fraction of sp³-hybridized carbons (Fsp3) is 0.0870. The molecule has 0 spiro atoms. The number of para-hydroxylation sites is 3. The Morgan fingerprint density at radius 3 is 2.63 bits per heavy atom. The number of amides is 1. The Bertz CT molecular complexity index is 1260. The van der Waals surface area contributed by atoms with Crippen molar-refractivity contribution in [2.45, 2.75) is 12.8 Å². The Hall–Kier alpha value is -3.64. The van der Waals surface area contributed by atoms with Gasteiger partial charge in [0.15, 0.2) is 5.75 Å². The fourth-order valence-electron chi connectivity index (χ4n) is 2.99. The number of hydrogen-bond acceptors (Lipinski definition) is 4. The molecule has 0 saturated carbocycles. The number of aromatic nitrogens is 2. The molecule has 6 nitrogen and oxygen atoms in total. The molecule has 4 aromatic rings. The van der Waals surface area contributed by atoms with Gasteiger partial charge in [0.2, 0.25) is 5.91 Å². The normalized spacial score (nSPS) is 10.7. The van der Waals surface area contributed by atoms with E-state index in [0.29, 0.717) is 38.9 Å². The first-order chi connectivity index (χ1) is 14.6. The van der Waals surface area contributed by atoms with E-state index in [-0.39, 0.29) is 24.3 Å². The summed E-state index contributed by atoms with van der Waals surface area (Å²) in [5.41, 5.74) is 1.82. The molecule has 2 N–H and O–H groups in total. The van der Waals surface area contributed by atoms with Crippen molar-refractivity contribution in [2.24, 2.45) is 0 Å². The van der Waals surface area contributed by atoms with Crippen molar-refractivity contribution in [3.05, 3.63) is 93.9 Å². The highest BCUT2D eigenvalue weighted by Gasteiger charge is 2.12. The van der Waals surface area contributed by atoms with Crippen LogP contribution in [0, 0.1) is 0 Å². The molecule has 0 atom stereocenters. The number of aromatic amines is 1. The number of carbonyl (C=O) groups excluding carboxylic acids is 1. The summed E-state index contributed by atoms with van der Waals surface area (Å²) in [6.07, 6.45) is 0.299. The molecular formula is C23H18ClN3O3. The SMILES string of the molecule is O=C(CCc1nc2ccccc2[nH]c1=O)Nc1cc(Cl)ccc1Oc1ccccc1. The average molecular weight is 420 g/mol. The third-order valence-electron chi connectivity index (χ3n) is 4.45. The van der Waals surface area contributed by atoms with Gasteiger partial charge in [0, 0.05) is 17.9 Å². The van der Waals surface area contributed by atoms with Crippen LogP contribution in [0.15, 0.2) is 77.6 Å². The number of carbonyl (C=O) groups is 1. The molecule has 0 unspecified atom stereocenters. The smallest absolute Gasteiger partial charge is 0.270 e. The number of aryl methyl sites for hydroxylation is 1. The zero-order valence-corrected chi connectivity index (χ0v) is 16.6. The summed E-state index contributed by atoms with van der Waals surface area (Å²) in [5, 5.41) is 3.28. The fourth-order valence-corrected chi connectivity index (χ4v) is 3.16. The van der Waals surface area contributed by atoms with Gasteiger partial charge in [-0.1, -0.05) is 41.9 Å². The standard InChI is InChI=1S/C23H18ClN3O3/c24-15-10-12-21(30-16-6-2-1-3-7-16)20(14-15)26-22(28)13-11-19-23(29)27-18-9-5-4-8-17(18)25-19/h1-10,12,14H,11,13H2,(H,26,28)(H,27,29). The van der Waals surface area contributed by atoms with Crippen LogP contribution in [-0.2, 0) is 11.2 Å². The number of fused-ring (bicyclic) bond motifs is 1. The summed E-state index contributed by atoms with van der Waals surface area (Å²) in [6, 6.07) is 21.5. The van der Waals surface area contributed by atoms with E-state index < -0.39 is 0 Å². The van der Waals surface area contributed by atoms with Gasteiger partial charge in [-0.25, -0.2) is 4.98 Å². The highest BCUT2D eigenvalue weighted by molar-refractivity contribution is 6.31. The van der Waals surface area contributed by atoms with Crippen molar-refractivity contribution >= 4 is 34.2 Å². The molecule has 0 aliphatic rings. The van der Waals surface area contributed by atoms with Crippen LogP contribution < -0.4 is 15.6 Å². The molecule has 30 heavy (non-hydrogen) atoms. The minimum absolute atomic E-state index is 0.0890. The van der Waals surface area contributed by atoms with Gasteiger partial charge in [0.05, 0.1) is 16.7 Å². The second-order valence-electron chi connectivity index (χ2n) is 6.63. The van der Waals surface area contributed by atoms with Crippen LogP contribution in [0.4, 0.5) is 5.69 Å². The largest absolute Gasteiger partial charge is 0.455 e.